The van der Waals surface area contributed by atoms with Gasteiger partial charge in [0.15, 0.2) is 6.61 Å². The predicted molar refractivity (Wildman–Crippen MR) is 63.3 cm³/mol. The molecular weight excluding hydrogens is 246 g/mol. The van der Waals surface area contributed by atoms with E-state index in [1.807, 2.05) is 0 Å². The Bertz CT molecular complexity index is 433. The highest BCUT2D eigenvalue weighted by molar-refractivity contribution is 6.30. The molecule has 1 aromatic rings. The minimum absolute atomic E-state index is 0.241. The molecule has 0 aliphatic heterocycles. The number of rotatable bonds is 4. The van der Waals surface area contributed by atoms with E-state index in [9.17, 15) is 9.59 Å². The minimum atomic E-state index is -0.515. The molecule has 1 amide bonds. The molecule has 0 fully saturated rings. The van der Waals surface area contributed by atoms with Crippen LogP contribution in [0.4, 0.5) is 5.69 Å². The van der Waals surface area contributed by atoms with Gasteiger partial charge in [0.2, 0.25) is 5.91 Å². The maximum atomic E-state index is 11.0. The van der Waals surface area contributed by atoms with E-state index in [1.54, 1.807) is 12.1 Å². The normalized spacial score (nSPS) is 9.59. The van der Waals surface area contributed by atoms with Crippen molar-refractivity contribution in [1.82, 2.24) is 0 Å². The Morgan fingerprint density at radius 2 is 2.12 bits per heavy atom. The molecule has 0 radical (unpaired) electrons. The van der Waals surface area contributed by atoms with Crippen molar-refractivity contribution in [1.29, 1.82) is 0 Å². The molecule has 0 aromatic heterocycles. The molecule has 17 heavy (non-hydrogen) atoms. The van der Waals surface area contributed by atoms with Crippen LogP contribution in [0.2, 0.25) is 5.02 Å². The Labute approximate surface area is 104 Å². The maximum Gasteiger partial charge on any atom is 0.343 e. The summed E-state index contributed by atoms with van der Waals surface area (Å²) in [5.41, 5.74) is 0.450. The zero-order valence-corrected chi connectivity index (χ0v) is 10.2. The number of anilines is 1. The number of ether oxygens (including phenoxy) is 2. The van der Waals surface area contributed by atoms with E-state index in [-0.39, 0.29) is 12.5 Å². The van der Waals surface area contributed by atoms with Gasteiger partial charge in [-0.3, -0.25) is 4.79 Å². The van der Waals surface area contributed by atoms with Crippen LogP contribution in [0.1, 0.15) is 6.92 Å². The highest BCUT2D eigenvalue weighted by Crippen LogP contribution is 2.28. The first kappa shape index (κ1) is 13.3. The fourth-order valence-electron chi connectivity index (χ4n) is 1.10. The smallest absolute Gasteiger partial charge is 0.343 e. The second kappa shape index (κ2) is 6.10. The van der Waals surface area contributed by atoms with E-state index in [4.69, 9.17) is 16.3 Å². The van der Waals surface area contributed by atoms with E-state index in [0.29, 0.717) is 16.5 Å². The fourth-order valence-corrected chi connectivity index (χ4v) is 1.27. The van der Waals surface area contributed by atoms with E-state index >= 15 is 0 Å². The number of carbonyl (C=O) groups is 2. The van der Waals surface area contributed by atoms with Crippen LogP contribution in [0.5, 0.6) is 5.75 Å². The summed E-state index contributed by atoms with van der Waals surface area (Å²) in [5, 5.41) is 3.01. The molecular formula is C11H12ClNO4. The molecule has 92 valence electrons. The van der Waals surface area contributed by atoms with Gasteiger partial charge in [0.1, 0.15) is 5.75 Å². The van der Waals surface area contributed by atoms with Gasteiger partial charge in [-0.25, -0.2) is 4.79 Å². The summed E-state index contributed by atoms with van der Waals surface area (Å²) < 4.78 is 9.64. The molecule has 0 unspecified atom stereocenters. The van der Waals surface area contributed by atoms with Gasteiger partial charge in [0.05, 0.1) is 12.8 Å². The van der Waals surface area contributed by atoms with Crippen molar-refractivity contribution >= 4 is 29.2 Å². The average molecular weight is 258 g/mol. The average Bonchev–Trinajstić information content (AvgIpc) is 2.28. The lowest BCUT2D eigenvalue weighted by atomic mass is 10.3. The number of esters is 1. The number of methoxy groups -OCH3 is 1. The topological polar surface area (TPSA) is 64.6 Å². The minimum Gasteiger partial charge on any atom is -0.480 e. The lowest BCUT2D eigenvalue weighted by Crippen LogP contribution is -2.14. The molecule has 6 heteroatoms. The van der Waals surface area contributed by atoms with E-state index < -0.39 is 5.97 Å². The van der Waals surface area contributed by atoms with Crippen molar-refractivity contribution in [2.75, 3.05) is 19.0 Å². The molecule has 0 aliphatic rings. The SMILES string of the molecule is COC(=O)COc1cc(Cl)ccc1NC(C)=O. The fraction of sp³-hybridized carbons (Fsp3) is 0.273. The highest BCUT2D eigenvalue weighted by atomic mass is 35.5. The van der Waals surface area contributed by atoms with Crippen LogP contribution in [-0.2, 0) is 14.3 Å². The highest BCUT2D eigenvalue weighted by Gasteiger charge is 2.08. The van der Waals surface area contributed by atoms with E-state index in [2.05, 4.69) is 10.1 Å². The number of carbonyl (C=O) groups excluding carboxylic acids is 2. The van der Waals surface area contributed by atoms with E-state index in [0.717, 1.165) is 0 Å². The molecule has 0 atom stereocenters. The number of halogens is 1. The summed E-state index contributed by atoms with van der Waals surface area (Å²) in [5.74, 6) is -0.438. The van der Waals surface area contributed by atoms with Crippen LogP contribution < -0.4 is 10.1 Å². The van der Waals surface area contributed by atoms with Crippen molar-refractivity contribution in [3.63, 3.8) is 0 Å². The summed E-state index contributed by atoms with van der Waals surface area (Å²) in [6, 6.07) is 4.71. The predicted octanol–water partition coefficient (Wildman–Crippen LogP) is 1.85. The molecule has 1 aromatic carbocycles. The number of nitrogens with one attached hydrogen (secondary N) is 1. The molecule has 5 nitrogen and oxygen atoms in total. The lowest BCUT2D eigenvalue weighted by Gasteiger charge is -2.11. The molecule has 0 saturated carbocycles. The van der Waals surface area contributed by atoms with Crippen molar-refractivity contribution in [2.45, 2.75) is 6.92 Å². The van der Waals surface area contributed by atoms with Gasteiger partial charge in [-0.15, -0.1) is 0 Å². The summed E-state index contributed by atoms with van der Waals surface area (Å²) in [4.78, 5) is 21.9. The Hall–Kier alpha value is -1.75. The molecule has 0 bridgehead atoms. The van der Waals surface area contributed by atoms with Gasteiger partial charge in [-0.05, 0) is 12.1 Å². The number of hydrogen-bond acceptors (Lipinski definition) is 4. The third-order valence-electron chi connectivity index (χ3n) is 1.83. The lowest BCUT2D eigenvalue weighted by molar-refractivity contribution is -0.142. The third kappa shape index (κ3) is 4.32. The van der Waals surface area contributed by atoms with Crippen LogP contribution >= 0.6 is 11.6 Å². The Morgan fingerprint density at radius 1 is 1.41 bits per heavy atom. The molecule has 1 rings (SSSR count). The van der Waals surface area contributed by atoms with Gasteiger partial charge in [-0.2, -0.15) is 0 Å². The van der Waals surface area contributed by atoms with Crippen LogP contribution in [0.25, 0.3) is 0 Å². The second-order valence-corrected chi connectivity index (χ2v) is 3.62. The molecule has 1 N–H and O–H groups in total. The zero-order chi connectivity index (χ0) is 12.8. The Kier molecular flexibility index (Phi) is 4.78. The molecule has 0 saturated heterocycles. The third-order valence-corrected chi connectivity index (χ3v) is 2.06. The summed E-state index contributed by atoms with van der Waals surface area (Å²) in [6.07, 6.45) is 0. The largest absolute Gasteiger partial charge is 0.480 e. The molecule has 0 spiro atoms. The van der Waals surface area contributed by atoms with E-state index in [1.165, 1.54) is 20.1 Å². The van der Waals surface area contributed by atoms with Crippen LogP contribution in [0.3, 0.4) is 0 Å². The summed E-state index contributed by atoms with van der Waals surface area (Å²) in [6.45, 7) is 1.13. The first-order valence-corrected chi connectivity index (χ1v) is 5.17. The zero-order valence-electron chi connectivity index (χ0n) is 9.45. The van der Waals surface area contributed by atoms with Crippen molar-refractivity contribution < 1.29 is 19.1 Å². The molecule has 0 aliphatic carbocycles. The Balaban J connectivity index is 2.83. The van der Waals surface area contributed by atoms with Crippen LogP contribution in [0, 0.1) is 0 Å². The van der Waals surface area contributed by atoms with Gasteiger partial charge in [0, 0.05) is 18.0 Å². The second-order valence-electron chi connectivity index (χ2n) is 3.19. The van der Waals surface area contributed by atoms with Crippen LogP contribution in [-0.4, -0.2) is 25.6 Å². The summed E-state index contributed by atoms with van der Waals surface area (Å²) in [7, 11) is 1.26. The quantitative estimate of drug-likeness (QED) is 0.836. The van der Waals surface area contributed by atoms with Gasteiger partial charge >= 0.3 is 5.97 Å². The van der Waals surface area contributed by atoms with Gasteiger partial charge in [0.25, 0.3) is 0 Å². The number of amides is 1. The van der Waals surface area contributed by atoms with Gasteiger partial charge < -0.3 is 14.8 Å². The van der Waals surface area contributed by atoms with Crippen molar-refractivity contribution in [3.05, 3.63) is 23.2 Å². The number of hydrogen-bond donors (Lipinski definition) is 1. The Morgan fingerprint density at radius 3 is 2.71 bits per heavy atom. The van der Waals surface area contributed by atoms with Gasteiger partial charge in [-0.1, -0.05) is 11.6 Å². The molecule has 0 heterocycles. The standard InChI is InChI=1S/C11H12ClNO4/c1-7(14)13-9-4-3-8(12)5-10(9)17-6-11(15)16-2/h3-5H,6H2,1-2H3,(H,13,14). The first-order valence-electron chi connectivity index (χ1n) is 4.79. The number of benzene rings is 1. The summed E-state index contributed by atoms with van der Waals surface area (Å²) >= 11 is 5.79. The maximum absolute atomic E-state index is 11.0. The monoisotopic (exact) mass is 257 g/mol. The van der Waals surface area contributed by atoms with Crippen molar-refractivity contribution in [2.24, 2.45) is 0 Å². The first-order chi connectivity index (χ1) is 8.02. The van der Waals surface area contributed by atoms with Crippen molar-refractivity contribution in [3.8, 4) is 5.75 Å². The van der Waals surface area contributed by atoms with Crippen LogP contribution in [0.15, 0.2) is 18.2 Å².